The standard InChI is InChI=1S/C55H41FN2/c1-40-15-27-50(28-16-40)57(51-29-17-43(18-30-51)41-9-4-2-5-10-41)53-33-21-45(22-34-53)47-13-8-14-48(39-47)46-23-35-54(36-24-46)58(55-37-25-49(56)26-38-55)52-31-19-44(20-32-52)42-11-6-3-7-12-42/h2-39H,1H3. The van der Waals surface area contributed by atoms with E-state index in [0.717, 1.165) is 61.9 Å². The van der Waals surface area contributed by atoms with Gasteiger partial charge >= 0.3 is 0 Å². The zero-order valence-electron chi connectivity index (χ0n) is 32.2. The molecule has 0 radical (unpaired) electrons. The Kier molecular flexibility index (Phi) is 10.2. The second-order valence-electron chi connectivity index (χ2n) is 14.5. The van der Waals surface area contributed by atoms with Crippen molar-refractivity contribution >= 4 is 34.1 Å². The summed E-state index contributed by atoms with van der Waals surface area (Å²) in [6.45, 7) is 2.12. The lowest BCUT2D eigenvalue weighted by atomic mass is 9.98. The maximum Gasteiger partial charge on any atom is 0.123 e. The molecule has 2 nitrogen and oxygen atoms in total. The third-order valence-electron chi connectivity index (χ3n) is 10.6. The fourth-order valence-electron chi connectivity index (χ4n) is 7.53. The maximum atomic E-state index is 14.0. The number of hydrogen-bond donors (Lipinski definition) is 0. The molecule has 58 heavy (non-hydrogen) atoms. The van der Waals surface area contributed by atoms with Gasteiger partial charge in [-0.15, -0.1) is 0 Å². The van der Waals surface area contributed by atoms with Gasteiger partial charge in [0, 0.05) is 34.1 Å². The van der Waals surface area contributed by atoms with Crippen molar-refractivity contribution in [3.8, 4) is 44.5 Å². The molecule has 0 aromatic heterocycles. The minimum absolute atomic E-state index is 0.259. The summed E-state index contributed by atoms with van der Waals surface area (Å²) in [5, 5.41) is 0. The van der Waals surface area contributed by atoms with Gasteiger partial charge in [-0.2, -0.15) is 0 Å². The van der Waals surface area contributed by atoms with Crippen molar-refractivity contribution < 1.29 is 4.39 Å². The third-order valence-corrected chi connectivity index (χ3v) is 10.6. The van der Waals surface area contributed by atoms with Crippen LogP contribution < -0.4 is 9.80 Å². The third kappa shape index (κ3) is 7.80. The minimum atomic E-state index is -0.259. The highest BCUT2D eigenvalue weighted by molar-refractivity contribution is 5.83. The van der Waals surface area contributed by atoms with Crippen molar-refractivity contribution in [2.75, 3.05) is 9.80 Å². The van der Waals surface area contributed by atoms with Crippen LogP contribution in [0.2, 0.25) is 0 Å². The second-order valence-corrected chi connectivity index (χ2v) is 14.5. The summed E-state index contributed by atoms with van der Waals surface area (Å²) in [5.74, 6) is -0.259. The number of anilines is 6. The topological polar surface area (TPSA) is 6.48 Å². The van der Waals surface area contributed by atoms with Crippen molar-refractivity contribution in [3.05, 3.63) is 242 Å². The molecule has 0 saturated heterocycles. The highest BCUT2D eigenvalue weighted by atomic mass is 19.1. The lowest BCUT2D eigenvalue weighted by molar-refractivity contribution is 0.628. The lowest BCUT2D eigenvalue weighted by Gasteiger charge is -2.26. The first-order valence-corrected chi connectivity index (χ1v) is 19.6. The molecule has 9 aromatic rings. The monoisotopic (exact) mass is 748 g/mol. The SMILES string of the molecule is Cc1ccc(N(c2ccc(-c3ccccc3)cc2)c2ccc(-c3cccc(-c4ccc(N(c5ccc(F)cc5)c5ccc(-c6ccccc6)cc5)cc4)c3)cc2)cc1. The number of rotatable bonds is 10. The van der Waals surface area contributed by atoms with Crippen LogP contribution in [0.5, 0.6) is 0 Å². The smallest absolute Gasteiger partial charge is 0.123 e. The number of nitrogens with zero attached hydrogens (tertiary/aromatic N) is 2. The number of benzene rings is 9. The molecule has 0 fully saturated rings. The van der Waals surface area contributed by atoms with Crippen LogP contribution >= 0.6 is 0 Å². The Morgan fingerprint density at radius 1 is 0.259 bits per heavy atom. The van der Waals surface area contributed by atoms with E-state index in [4.69, 9.17) is 0 Å². The van der Waals surface area contributed by atoms with Gasteiger partial charge in [-0.05, 0) is 142 Å². The minimum Gasteiger partial charge on any atom is -0.311 e. The van der Waals surface area contributed by atoms with Crippen LogP contribution in [0.4, 0.5) is 38.5 Å². The van der Waals surface area contributed by atoms with E-state index in [1.54, 1.807) is 0 Å². The van der Waals surface area contributed by atoms with E-state index in [0.29, 0.717) is 0 Å². The Bertz CT molecular complexity index is 2540. The summed E-state index contributed by atoms with van der Waals surface area (Å²) in [6, 6.07) is 79.7. The molecule has 0 unspecified atom stereocenters. The van der Waals surface area contributed by atoms with Crippen LogP contribution in [0.15, 0.2) is 231 Å². The molecule has 0 aliphatic heterocycles. The molecule has 0 atom stereocenters. The Hall–Kier alpha value is -7.49. The Morgan fingerprint density at radius 2 is 0.517 bits per heavy atom. The predicted octanol–water partition coefficient (Wildman–Crippen LogP) is 15.7. The van der Waals surface area contributed by atoms with Crippen molar-refractivity contribution in [1.29, 1.82) is 0 Å². The molecule has 9 aromatic carbocycles. The van der Waals surface area contributed by atoms with E-state index in [2.05, 4.69) is 211 Å². The van der Waals surface area contributed by atoms with Crippen LogP contribution in [-0.4, -0.2) is 0 Å². The first kappa shape index (κ1) is 36.2. The molecule has 0 aliphatic carbocycles. The molecule has 0 heterocycles. The van der Waals surface area contributed by atoms with E-state index < -0.39 is 0 Å². The quantitative estimate of drug-likeness (QED) is 0.137. The fourth-order valence-corrected chi connectivity index (χ4v) is 7.53. The van der Waals surface area contributed by atoms with Crippen molar-refractivity contribution in [2.24, 2.45) is 0 Å². The molecule has 0 saturated carbocycles. The van der Waals surface area contributed by atoms with Crippen molar-refractivity contribution in [1.82, 2.24) is 0 Å². The van der Waals surface area contributed by atoms with Crippen molar-refractivity contribution in [3.63, 3.8) is 0 Å². The van der Waals surface area contributed by atoms with E-state index in [1.807, 2.05) is 24.3 Å². The van der Waals surface area contributed by atoms with Crippen LogP contribution in [0, 0.1) is 12.7 Å². The summed E-state index contributed by atoms with van der Waals surface area (Å²) in [6.07, 6.45) is 0. The average molecular weight is 749 g/mol. The fraction of sp³-hybridized carbons (Fsp3) is 0.0182. The molecule has 0 amide bonds. The molecule has 0 aliphatic rings. The summed E-state index contributed by atoms with van der Waals surface area (Å²) in [5.41, 5.74) is 16.6. The van der Waals surface area contributed by atoms with E-state index in [9.17, 15) is 4.39 Å². The van der Waals surface area contributed by atoms with E-state index in [-0.39, 0.29) is 5.82 Å². The van der Waals surface area contributed by atoms with E-state index in [1.165, 1.54) is 34.4 Å². The first-order valence-electron chi connectivity index (χ1n) is 19.6. The molecule has 3 heteroatoms. The molecular weight excluding hydrogens is 708 g/mol. The summed E-state index contributed by atoms with van der Waals surface area (Å²) in [7, 11) is 0. The maximum absolute atomic E-state index is 14.0. The van der Waals surface area contributed by atoms with Gasteiger partial charge in [0.05, 0.1) is 0 Å². The summed E-state index contributed by atoms with van der Waals surface area (Å²) < 4.78 is 14.0. The lowest BCUT2D eigenvalue weighted by Crippen LogP contribution is -2.09. The molecule has 0 spiro atoms. The Labute approximate surface area is 340 Å². The average Bonchev–Trinajstić information content (AvgIpc) is 3.29. The molecular formula is C55H41FN2. The van der Waals surface area contributed by atoms with Gasteiger partial charge in [0.2, 0.25) is 0 Å². The summed E-state index contributed by atoms with van der Waals surface area (Å²) in [4.78, 5) is 4.47. The van der Waals surface area contributed by atoms with E-state index >= 15 is 0 Å². The normalized spacial score (nSPS) is 10.9. The van der Waals surface area contributed by atoms with Crippen molar-refractivity contribution in [2.45, 2.75) is 6.92 Å². The van der Waals surface area contributed by atoms with Crippen LogP contribution in [0.1, 0.15) is 5.56 Å². The Morgan fingerprint density at radius 3 is 0.862 bits per heavy atom. The molecule has 0 N–H and O–H groups in total. The second kappa shape index (κ2) is 16.3. The van der Waals surface area contributed by atoms with Gasteiger partial charge in [0.15, 0.2) is 0 Å². The number of hydrogen-bond acceptors (Lipinski definition) is 2. The van der Waals surface area contributed by atoms with Crippen LogP contribution in [0.3, 0.4) is 0 Å². The zero-order valence-corrected chi connectivity index (χ0v) is 32.2. The van der Waals surface area contributed by atoms with Gasteiger partial charge in [-0.3, -0.25) is 0 Å². The molecule has 0 bridgehead atoms. The Balaban J connectivity index is 0.987. The van der Waals surface area contributed by atoms with Crippen LogP contribution in [-0.2, 0) is 0 Å². The number of aryl methyl sites for hydroxylation is 1. The van der Waals surface area contributed by atoms with Gasteiger partial charge in [0.25, 0.3) is 0 Å². The number of halogens is 1. The summed E-state index contributed by atoms with van der Waals surface area (Å²) >= 11 is 0. The molecule has 9 rings (SSSR count). The van der Waals surface area contributed by atoms with Gasteiger partial charge in [-0.25, -0.2) is 4.39 Å². The predicted molar refractivity (Wildman–Crippen MR) is 242 cm³/mol. The highest BCUT2D eigenvalue weighted by Crippen LogP contribution is 2.39. The highest BCUT2D eigenvalue weighted by Gasteiger charge is 2.16. The zero-order chi connectivity index (χ0) is 39.3. The van der Waals surface area contributed by atoms with Gasteiger partial charge < -0.3 is 9.80 Å². The first-order chi connectivity index (χ1) is 28.6. The van der Waals surface area contributed by atoms with Crippen LogP contribution in [0.25, 0.3) is 44.5 Å². The largest absolute Gasteiger partial charge is 0.311 e. The molecule has 278 valence electrons. The van der Waals surface area contributed by atoms with Gasteiger partial charge in [0.1, 0.15) is 5.82 Å². The van der Waals surface area contributed by atoms with Gasteiger partial charge in [-0.1, -0.05) is 145 Å².